The summed E-state index contributed by atoms with van der Waals surface area (Å²) in [4.78, 5) is 0. The highest BCUT2D eigenvalue weighted by atomic mass is 79.9. The summed E-state index contributed by atoms with van der Waals surface area (Å²) < 4.78 is 25.2. The minimum Gasteiger partial charge on any atom is -0.271 e. The van der Waals surface area contributed by atoms with Crippen molar-refractivity contribution in [2.24, 2.45) is 5.41 Å². The van der Waals surface area contributed by atoms with Gasteiger partial charge in [0.1, 0.15) is 9.84 Å². The van der Waals surface area contributed by atoms with Gasteiger partial charge in [0.05, 0.1) is 16.4 Å². The average Bonchev–Trinajstić information content (AvgIpc) is 2.64. The van der Waals surface area contributed by atoms with Crippen molar-refractivity contribution in [3.63, 3.8) is 0 Å². The minimum atomic E-state index is -2.89. The number of halogens is 1. The third kappa shape index (κ3) is 3.04. The van der Waals surface area contributed by atoms with Crippen LogP contribution < -0.4 is 0 Å². The highest BCUT2D eigenvalue weighted by Gasteiger charge is 2.45. The molecule has 0 saturated heterocycles. The summed E-state index contributed by atoms with van der Waals surface area (Å²) in [6.07, 6.45) is 6.86. The Hall–Kier alpha value is -0.360. The molecular weight excluding hydrogens is 280 g/mol. The summed E-state index contributed by atoms with van der Waals surface area (Å²) in [5, 5.41) is 4.15. The van der Waals surface area contributed by atoms with Crippen LogP contribution in [-0.2, 0) is 16.4 Å². The molecule has 1 aromatic rings. The van der Waals surface area contributed by atoms with E-state index in [1.807, 2.05) is 10.9 Å². The van der Waals surface area contributed by atoms with Crippen molar-refractivity contribution < 1.29 is 8.42 Å². The molecule has 0 unspecified atom stereocenters. The van der Waals surface area contributed by atoms with E-state index in [-0.39, 0.29) is 11.2 Å². The summed E-state index contributed by atoms with van der Waals surface area (Å²) in [5.74, 6) is 0.275. The fraction of sp³-hybridized carbons (Fsp3) is 0.667. The van der Waals surface area contributed by atoms with E-state index in [1.165, 1.54) is 6.26 Å². The Labute approximate surface area is 97.7 Å². The summed E-state index contributed by atoms with van der Waals surface area (Å²) in [7, 11) is -2.89. The first kappa shape index (κ1) is 11.1. The molecule has 0 radical (unpaired) electrons. The van der Waals surface area contributed by atoms with Gasteiger partial charge in [-0.15, -0.1) is 0 Å². The van der Waals surface area contributed by atoms with Crippen LogP contribution in [0.25, 0.3) is 0 Å². The van der Waals surface area contributed by atoms with Crippen molar-refractivity contribution in [2.45, 2.75) is 19.4 Å². The SMILES string of the molecule is CS(=O)(=O)CC1(Cn2cc(Br)cn2)CC1. The maximum atomic E-state index is 11.2. The minimum absolute atomic E-state index is 0.0565. The Morgan fingerprint density at radius 2 is 2.27 bits per heavy atom. The number of rotatable bonds is 4. The zero-order chi connectivity index (χ0) is 11.1. The zero-order valence-corrected chi connectivity index (χ0v) is 10.9. The molecule has 1 saturated carbocycles. The lowest BCUT2D eigenvalue weighted by atomic mass is 10.1. The molecule has 1 fully saturated rings. The van der Waals surface area contributed by atoms with E-state index in [0.717, 1.165) is 17.3 Å². The van der Waals surface area contributed by atoms with Gasteiger partial charge < -0.3 is 0 Å². The Morgan fingerprint density at radius 1 is 1.60 bits per heavy atom. The fourth-order valence-electron chi connectivity index (χ4n) is 1.85. The van der Waals surface area contributed by atoms with Gasteiger partial charge in [-0.05, 0) is 28.8 Å². The van der Waals surface area contributed by atoms with Gasteiger partial charge >= 0.3 is 0 Å². The summed E-state index contributed by atoms with van der Waals surface area (Å²) in [6, 6.07) is 0. The molecule has 0 amide bonds. The van der Waals surface area contributed by atoms with E-state index >= 15 is 0 Å². The predicted octanol–water partition coefficient (Wildman–Crippen LogP) is 1.47. The molecule has 0 aromatic carbocycles. The first-order valence-corrected chi connectivity index (χ1v) is 7.60. The first-order chi connectivity index (χ1) is 6.89. The standard InChI is InChI=1S/C9H13BrN2O2S/c1-15(13,14)7-9(2-3-9)6-12-5-8(10)4-11-12/h4-5H,2-3,6-7H2,1H3. The maximum Gasteiger partial charge on any atom is 0.148 e. The van der Waals surface area contributed by atoms with E-state index in [0.29, 0.717) is 6.54 Å². The lowest BCUT2D eigenvalue weighted by molar-refractivity contribution is 0.431. The molecule has 1 aliphatic rings. The number of nitrogens with zero attached hydrogens (tertiary/aromatic N) is 2. The van der Waals surface area contributed by atoms with Gasteiger partial charge in [0, 0.05) is 24.4 Å². The third-order valence-electron chi connectivity index (χ3n) is 2.62. The van der Waals surface area contributed by atoms with Gasteiger partial charge in [0.15, 0.2) is 0 Å². The van der Waals surface area contributed by atoms with Crippen molar-refractivity contribution >= 4 is 25.8 Å². The fourth-order valence-corrected chi connectivity index (χ4v) is 3.67. The van der Waals surface area contributed by atoms with Gasteiger partial charge in [0.2, 0.25) is 0 Å². The van der Waals surface area contributed by atoms with Crippen LogP contribution in [0.3, 0.4) is 0 Å². The van der Waals surface area contributed by atoms with E-state index in [4.69, 9.17) is 0 Å². The van der Waals surface area contributed by atoms with Crippen LogP contribution in [0.5, 0.6) is 0 Å². The smallest absolute Gasteiger partial charge is 0.148 e. The molecule has 1 heterocycles. The van der Waals surface area contributed by atoms with Gasteiger partial charge in [-0.25, -0.2) is 8.42 Å². The first-order valence-electron chi connectivity index (χ1n) is 4.74. The largest absolute Gasteiger partial charge is 0.271 e. The van der Waals surface area contributed by atoms with Crippen LogP contribution in [0.4, 0.5) is 0 Å². The van der Waals surface area contributed by atoms with Crippen molar-refractivity contribution in [1.29, 1.82) is 0 Å². The Balaban J connectivity index is 2.06. The van der Waals surface area contributed by atoms with Crippen LogP contribution in [0.15, 0.2) is 16.9 Å². The van der Waals surface area contributed by atoms with Crippen LogP contribution in [-0.4, -0.2) is 30.2 Å². The van der Waals surface area contributed by atoms with Gasteiger partial charge in [-0.2, -0.15) is 5.10 Å². The van der Waals surface area contributed by atoms with Crippen molar-refractivity contribution in [3.8, 4) is 0 Å². The van der Waals surface area contributed by atoms with Crippen molar-refractivity contribution in [3.05, 3.63) is 16.9 Å². The van der Waals surface area contributed by atoms with E-state index < -0.39 is 9.84 Å². The topological polar surface area (TPSA) is 52.0 Å². The Kier molecular flexibility index (Phi) is 2.66. The second-order valence-corrected chi connectivity index (χ2v) is 7.48. The second-order valence-electron chi connectivity index (χ2n) is 4.43. The van der Waals surface area contributed by atoms with Gasteiger partial charge in [-0.1, -0.05) is 0 Å². The Bertz CT molecular complexity index is 462. The lowest BCUT2D eigenvalue weighted by Gasteiger charge is -2.13. The second kappa shape index (κ2) is 3.59. The van der Waals surface area contributed by atoms with Crippen LogP contribution >= 0.6 is 15.9 Å². The quantitative estimate of drug-likeness (QED) is 0.844. The molecule has 0 N–H and O–H groups in total. The van der Waals surface area contributed by atoms with Gasteiger partial charge in [0.25, 0.3) is 0 Å². The monoisotopic (exact) mass is 292 g/mol. The summed E-state index contributed by atoms with van der Waals surface area (Å²) in [5.41, 5.74) is -0.0565. The molecule has 6 heteroatoms. The molecule has 84 valence electrons. The van der Waals surface area contributed by atoms with E-state index in [9.17, 15) is 8.42 Å². The lowest BCUT2D eigenvalue weighted by Crippen LogP contribution is -2.21. The molecular formula is C9H13BrN2O2S. The summed E-state index contributed by atoms with van der Waals surface area (Å²) >= 11 is 3.32. The van der Waals surface area contributed by atoms with E-state index in [2.05, 4.69) is 21.0 Å². The number of sulfone groups is 1. The third-order valence-corrected chi connectivity index (χ3v) is 4.17. The zero-order valence-electron chi connectivity index (χ0n) is 8.48. The van der Waals surface area contributed by atoms with Crippen molar-refractivity contribution in [2.75, 3.05) is 12.0 Å². The molecule has 0 bridgehead atoms. The molecule has 0 aliphatic heterocycles. The molecule has 1 aromatic heterocycles. The Morgan fingerprint density at radius 3 is 2.67 bits per heavy atom. The molecule has 2 rings (SSSR count). The summed E-state index contributed by atoms with van der Waals surface area (Å²) in [6.45, 7) is 0.700. The molecule has 4 nitrogen and oxygen atoms in total. The maximum absolute atomic E-state index is 11.2. The highest BCUT2D eigenvalue weighted by Crippen LogP contribution is 2.48. The van der Waals surface area contributed by atoms with Crippen LogP contribution in [0.2, 0.25) is 0 Å². The molecule has 0 spiro atoms. The van der Waals surface area contributed by atoms with Crippen LogP contribution in [0, 0.1) is 5.41 Å². The molecule has 1 aliphatic carbocycles. The number of hydrogen-bond donors (Lipinski definition) is 0. The highest BCUT2D eigenvalue weighted by molar-refractivity contribution is 9.10. The molecule has 15 heavy (non-hydrogen) atoms. The van der Waals surface area contributed by atoms with Crippen molar-refractivity contribution in [1.82, 2.24) is 9.78 Å². The molecule has 0 atom stereocenters. The predicted molar refractivity (Wildman–Crippen MR) is 61.3 cm³/mol. The van der Waals surface area contributed by atoms with Crippen LogP contribution in [0.1, 0.15) is 12.8 Å². The average molecular weight is 293 g/mol. The number of aromatic nitrogens is 2. The van der Waals surface area contributed by atoms with E-state index in [1.54, 1.807) is 6.20 Å². The van der Waals surface area contributed by atoms with Gasteiger partial charge in [-0.3, -0.25) is 4.68 Å². The normalized spacial score (nSPS) is 19.1. The number of hydrogen-bond acceptors (Lipinski definition) is 3.